The third-order valence-electron chi connectivity index (χ3n) is 4.26. The van der Waals surface area contributed by atoms with Gasteiger partial charge in [0.25, 0.3) is 0 Å². The van der Waals surface area contributed by atoms with Crippen LogP contribution in [0.1, 0.15) is 31.2 Å². The third-order valence-corrected chi connectivity index (χ3v) is 5.18. The van der Waals surface area contributed by atoms with E-state index in [1.54, 1.807) is 18.4 Å². The molecule has 3 N–H and O–H groups in total. The zero-order chi connectivity index (χ0) is 19.5. The molecule has 3 rings (SSSR count). The Morgan fingerprint density at radius 2 is 2.00 bits per heavy atom. The molecule has 2 unspecified atom stereocenters. The summed E-state index contributed by atoms with van der Waals surface area (Å²) in [6.45, 7) is 3.91. The number of aromatic nitrogens is 4. The molecule has 2 atom stereocenters. The number of allylic oxidation sites excluding steroid dienone is 1. The highest BCUT2D eigenvalue weighted by Crippen LogP contribution is 2.47. The molecule has 144 valence electrons. The maximum Gasteiger partial charge on any atom is 0.328 e. The zero-order valence-electron chi connectivity index (χ0n) is 15.1. The number of aromatic amines is 1. The van der Waals surface area contributed by atoms with Crippen LogP contribution >= 0.6 is 7.60 Å². The topological polar surface area (TPSA) is 134 Å². The SMILES string of the molecule is CC(C)Oc1ccc(CC(c2nn[nH]n2)C2(CP(=O)(O)O)C=CC=N2)cc1. The van der Waals surface area contributed by atoms with Crippen LogP contribution in [0.3, 0.4) is 0 Å². The molecule has 1 aliphatic heterocycles. The second kappa shape index (κ2) is 7.72. The van der Waals surface area contributed by atoms with Crippen molar-refractivity contribution in [3.63, 3.8) is 0 Å². The standard InChI is InChI=1S/C17H22N5O4P/c1-12(2)26-14-6-4-13(5-7-14)10-15(16-19-21-22-20-16)17(8-3-9-18-17)11-27(23,24)25/h3-9,12,15H,10-11H2,1-2H3,(H2,23,24,25)(H,19,20,21,22). The minimum absolute atomic E-state index is 0.0763. The van der Waals surface area contributed by atoms with E-state index >= 15 is 0 Å². The Hall–Kier alpha value is -2.35. The second-order valence-corrected chi connectivity index (χ2v) is 8.43. The molecule has 0 fully saturated rings. The zero-order valence-corrected chi connectivity index (χ0v) is 16.0. The molecule has 2 aromatic rings. The Labute approximate surface area is 156 Å². The van der Waals surface area contributed by atoms with Gasteiger partial charge < -0.3 is 14.5 Å². The maximum atomic E-state index is 11.8. The van der Waals surface area contributed by atoms with Gasteiger partial charge in [0, 0.05) is 6.21 Å². The maximum absolute atomic E-state index is 11.8. The lowest BCUT2D eigenvalue weighted by Gasteiger charge is -2.32. The van der Waals surface area contributed by atoms with Crippen molar-refractivity contribution in [1.29, 1.82) is 0 Å². The molecular weight excluding hydrogens is 369 g/mol. The van der Waals surface area contributed by atoms with Crippen LogP contribution in [-0.2, 0) is 11.0 Å². The van der Waals surface area contributed by atoms with E-state index in [1.165, 1.54) is 0 Å². The van der Waals surface area contributed by atoms with Crippen LogP contribution in [0.4, 0.5) is 0 Å². The predicted octanol–water partition coefficient (Wildman–Crippen LogP) is 1.87. The fourth-order valence-corrected chi connectivity index (χ4v) is 4.26. The lowest BCUT2D eigenvalue weighted by atomic mass is 9.81. The second-order valence-electron chi connectivity index (χ2n) is 6.79. The minimum Gasteiger partial charge on any atom is -0.491 e. The molecule has 0 radical (unpaired) electrons. The third kappa shape index (κ3) is 4.88. The number of ether oxygens (including phenoxy) is 1. The highest BCUT2D eigenvalue weighted by Gasteiger charge is 2.45. The van der Waals surface area contributed by atoms with Crippen molar-refractivity contribution in [2.24, 2.45) is 4.99 Å². The van der Waals surface area contributed by atoms with Crippen molar-refractivity contribution in [2.75, 3.05) is 6.16 Å². The van der Waals surface area contributed by atoms with Gasteiger partial charge in [-0.15, -0.1) is 10.2 Å². The quantitative estimate of drug-likeness (QED) is 0.585. The predicted molar refractivity (Wildman–Crippen MR) is 100 cm³/mol. The number of hydrogen-bond donors (Lipinski definition) is 3. The molecule has 0 amide bonds. The van der Waals surface area contributed by atoms with E-state index in [2.05, 4.69) is 25.6 Å². The van der Waals surface area contributed by atoms with E-state index in [4.69, 9.17) is 4.74 Å². The summed E-state index contributed by atoms with van der Waals surface area (Å²) in [6.07, 6.45) is 5.00. The average molecular weight is 391 g/mol. The van der Waals surface area contributed by atoms with Gasteiger partial charge in [-0.25, -0.2) is 0 Å². The van der Waals surface area contributed by atoms with E-state index < -0.39 is 25.2 Å². The molecule has 0 bridgehead atoms. The van der Waals surface area contributed by atoms with Gasteiger partial charge in [-0.2, -0.15) is 5.21 Å². The highest BCUT2D eigenvalue weighted by molar-refractivity contribution is 7.51. The summed E-state index contributed by atoms with van der Waals surface area (Å²) < 4.78 is 17.4. The van der Waals surface area contributed by atoms with Gasteiger partial charge in [-0.1, -0.05) is 23.4 Å². The summed E-state index contributed by atoms with van der Waals surface area (Å²) in [7, 11) is -4.34. The first kappa shape index (κ1) is 19.4. The van der Waals surface area contributed by atoms with E-state index in [0.29, 0.717) is 12.2 Å². The van der Waals surface area contributed by atoms with Crippen LogP contribution in [0.2, 0.25) is 0 Å². The fraction of sp³-hybridized carbons (Fsp3) is 0.412. The summed E-state index contributed by atoms with van der Waals surface area (Å²) in [5, 5.41) is 14.1. The average Bonchev–Trinajstić information content (AvgIpc) is 3.24. The summed E-state index contributed by atoms with van der Waals surface area (Å²) in [5.41, 5.74) is -0.183. The number of nitrogens with zero attached hydrogens (tertiary/aromatic N) is 4. The number of benzene rings is 1. The first-order valence-corrected chi connectivity index (χ1v) is 10.3. The van der Waals surface area contributed by atoms with E-state index in [-0.39, 0.29) is 6.10 Å². The summed E-state index contributed by atoms with van der Waals surface area (Å²) in [6, 6.07) is 7.56. The van der Waals surface area contributed by atoms with Gasteiger partial charge in [-0.05, 0) is 44.0 Å². The molecule has 0 aliphatic carbocycles. The van der Waals surface area contributed by atoms with Crippen molar-refractivity contribution >= 4 is 13.8 Å². The molecule has 2 heterocycles. The molecule has 0 spiro atoms. The normalized spacial score (nSPS) is 20.3. The largest absolute Gasteiger partial charge is 0.491 e. The molecule has 9 nitrogen and oxygen atoms in total. The number of nitrogens with one attached hydrogen (secondary N) is 1. The van der Waals surface area contributed by atoms with Crippen molar-refractivity contribution in [2.45, 2.75) is 37.8 Å². The molecule has 0 saturated carbocycles. The number of H-pyrrole nitrogens is 1. The van der Waals surface area contributed by atoms with E-state index in [9.17, 15) is 14.4 Å². The van der Waals surface area contributed by atoms with Gasteiger partial charge in [0.15, 0.2) is 5.82 Å². The van der Waals surface area contributed by atoms with Gasteiger partial charge in [0.05, 0.1) is 18.2 Å². The van der Waals surface area contributed by atoms with Gasteiger partial charge in [0.1, 0.15) is 11.3 Å². The van der Waals surface area contributed by atoms with Crippen LogP contribution in [0.5, 0.6) is 5.75 Å². The lowest BCUT2D eigenvalue weighted by molar-refractivity contribution is 0.242. The Morgan fingerprint density at radius 1 is 1.26 bits per heavy atom. The number of tetrazole rings is 1. The summed E-state index contributed by atoms with van der Waals surface area (Å²) in [4.78, 5) is 23.6. The van der Waals surface area contributed by atoms with Crippen LogP contribution in [0.15, 0.2) is 41.4 Å². The fourth-order valence-electron chi connectivity index (χ4n) is 3.20. The van der Waals surface area contributed by atoms with Crippen LogP contribution in [0, 0.1) is 0 Å². The first-order chi connectivity index (χ1) is 12.8. The van der Waals surface area contributed by atoms with E-state index in [0.717, 1.165) is 11.3 Å². The van der Waals surface area contributed by atoms with Crippen LogP contribution in [0.25, 0.3) is 0 Å². The van der Waals surface area contributed by atoms with Gasteiger partial charge in [0.2, 0.25) is 0 Å². The van der Waals surface area contributed by atoms with Crippen molar-refractivity contribution in [1.82, 2.24) is 20.6 Å². The first-order valence-electron chi connectivity index (χ1n) is 8.54. The van der Waals surface area contributed by atoms with Crippen LogP contribution < -0.4 is 4.74 Å². The smallest absolute Gasteiger partial charge is 0.328 e. The Kier molecular flexibility index (Phi) is 5.55. The van der Waals surface area contributed by atoms with Crippen molar-refractivity contribution in [3.05, 3.63) is 47.8 Å². The molecule has 0 saturated heterocycles. The number of aliphatic imine (C=N–C) groups is 1. The van der Waals surface area contributed by atoms with Crippen molar-refractivity contribution in [3.8, 4) is 5.75 Å². The monoisotopic (exact) mass is 391 g/mol. The molecule has 1 aromatic heterocycles. The Morgan fingerprint density at radius 3 is 2.52 bits per heavy atom. The lowest BCUT2D eigenvalue weighted by Crippen LogP contribution is -2.37. The molecule has 27 heavy (non-hydrogen) atoms. The van der Waals surface area contributed by atoms with Gasteiger partial charge >= 0.3 is 7.60 Å². The molecule has 1 aliphatic rings. The van der Waals surface area contributed by atoms with Crippen molar-refractivity contribution < 1.29 is 19.1 Å². The minimum atomic E-state index is -4.34. The molecule has 10 heteroatoms. The van der Waals surface area contributed by atoms with E-state index in [1.807, 2.05) is 38.1 Å². The Bertz CT molecular complexity index is 846. The summed E-state index contributed by atoms with van der Waals surface area (Å²) >= 11 is 0. The number of hydrogen-bond acceptors (Lipinski definition) is 6. The number of rotatable bonds is 8. The highest BCUT2D eigenvalue weighted by atomic mass is 31.2. The Balaban J connectivity index is 1.92. The van der Waals surface area contributed by atoms with Crippen LogP contribution in [-0.4, -0.2) is 54.4 Å². The summed E-state index contributed by atoms with van der Waals surface area (Å²) in [5.74, 6) is 0.624. The molecule has 1 aromatic carbocycles. The van der Waals surface area contributed by atoms with Gasteiger partial charge in [-0.3, -0.25) is 9.56 Å². The molecular formula is C17H22N5O4P.